The summed E-state index contributed by atoms with van der Waals surface area (Å²) in [7, 11) is 1.51. The van der Waals surface area contributed by atoms with Gasteiger partial charge in [0, 0.05) is 31.6 Å². The maximum atomic E-state index is 12.9. The highest BCUT2D eigenvalue weighted by Crippen LogP contribution is 2.40. The number of halogens is 1. The van der Waals surface area contributed by atoms with Crippen LogP contribution >= 0.6 is 11.6 Å². The van der Waals surface area contributed by atoms with E-state index in [0.29, 0.717) is 17.9 Å². The maximum Gasteiger partial charge on any atom is 0.295 e. The van der Waals surface area contributed by atoms with Gasteiger partial charge in [-0.2, -0.15) is 0 Å². The van der Waals surface area contributed by atoms with Crippen LogP contribution in [0.1, 0.15) is 24.1 Å². The number of hydrogen-bond donors (Lipinski definition) is 1. The molecule has 0 spiro atoms. The Morgan fingerprint density at radius 1 is 1.31 bits per heavy atom. The van der Waals surface area contributed by atoms with Gasteiger partial charge < -0.3 is 19.5 Å². The van der Waals surface area contributed by atoms with Crippen molar-refractivity contribution >= 4 is 29.1 Å². The van der Waals surface area contributed by atoms with Crippen LogP contribution in [0.15, 0.2) is 48.3 Å². The number of hydrogen-bond acceptors (Lipinski definition) is 6. The summed E-state index contributed by atoms with van der Waals surface area (Å²) in [6, 6.07) is 7.43. The van der Waals surface area contributed by atoms with Crippen molar-refractivity contribution < 1.29 is 24.2 Å². The SMILES string of the molecule is CCOc1ccc(Cl)c(/C(O)=C2\C(=O)C(=O)N(CCOC)C2c2cccnc2)c1. The Morgan fingerprint density at radius 2 is 2.10 bits per heavy atom. The summed E-state index contributed by atoms with van der Waals surface area (Å²) >= 11 is 6.28. The van der Waals surface area contributed by atoms with Gasteiger partial charge in [-0.15, -0.1) is 0 Å². The Balaban J connectivity index is 2.17. The predicted molar refractivity (Wildman–Crippen MR) is 108 cm³/mol. The second-order valence-corrected chi connectivity index (χ2v) is 6.75. The van der Waals surface area contributed by atoms with E-state index >= 15 is 0 Å². The Bertz CT molecular complexity index is 945. The number of aliphatic hydroxyl groups is 1. The van der Waals surface area contributed by atoms with Crippen LogP contribution in [-0.2, 0) is 14.3 Å². The molecule has 1 aromatic carbocycles. The van der Waals surface area contributed by atoms with Crippen LogP contribution in [0.2, 0.25) is 5.02 Å². The molecule has 0 saturated carbocycles. The second kappa shape index (κ2) is 9.07. The highest BCUT2D eigenvalue weighted by atomic mass is 35.5. The number of methoxy groups -OCH3 is 1. The second-order valence-electron chi connectivity index (χ2n) is 6.35. The topological polar surface area (TPSA) is 89.0 Å². The number of ether oxygens (including phenoxy) is 2. The summed E-state index contributed by atoms with van der Waals surface area (Å²) in [5.74, 6) is -1.37. The minimum Gasteiger partial charge on any atom is -0.507 e. The van der Waals surface area contributed by atoms with Crippen molar-refractivity contribution in [3.05, 3.63) is 64.4 Å². The number of carbonyl (C=O) groups is 2. The van der Waals surface area contributed by atoms with Gasteiger partial charge in [0.15, 0.2) is 0 Å². The van der Waals surface area contributed by atoms with Gasteiger partial charge >= 0.3 is 0 Å². The standard InChI is InChI=1S/C21H21ClN2O5/c1-3-29-14-6-7-16(22)15(11-14)19(25)17-18(13-5-4-8-23-12-13)24(9-10-28-2)21(27)20(17)26/h4-8,11-12,18,25H,3,9-10H2,1-2H3/b19-17+. The molecule has 0 aliphatic carbocycles. The van der Waals surface area contributed by atoms with Gasteiger partial charge in [-0.1, -0.05) is 17.7 Å². The Labute approximate surface area is 173 Å². The summed E-state index contributed by atoms with van der Waals surface area (Å²) in [5.41, 5.74) is 0.771. The molecule has 2 aromatic rings. The molecule has 0 bridgehead atoms. The number of aromatic nitrogens is 1. The lowest BCUT2D eigenvalue weighted by Crippen LogP contribution is -2.32. The minimum atomic E-state index is -0.800. The summed E-state index contributed by atoms with van der Waals surface area (Å²) in [6.45, 7) is 2.69. The number of rotatable bonds is 7. The molecule has 1 unspecified atom stereocenters. The van der Waals surface area contributed by atoms with E-state index in [1.807, 2.05) is 6.92 Å². The molecule has 1 amide bonds. The van der Waals surface area contributed by atoms with E-state index in [4.69, 9.17) is 21.1 Å². The monoisotopic (exact) mass is 416 g/mol. The molecule has 3 rings (SSSR count). The number of carbonyl (C=O) groups excluding carboxylic acids is 2. The third-order valence-corrected chi connectivity index (χ3v) is 4.91. The fourth-order valence-electron chi connectivity index (χ4n) is 3.27. The number of pyridine rings is 1. The normalized spacial score (nSPS) is 18.3. The fraction of sp³-hybridized carbons (Fsp3) is 0.286. The first-order chi connectivity index (χ1) is 14.0. The van der Waals surface area contributed by atoms with E-state index in [-0.39, 0.29) is 35.1 Å². The zero-order valence-corrected chi connectivity index (χ0v) is 16.8. The quantitative estimate of drug-likeness (QED) is 0.423. The molecule has 8 heteroatoms. The van der Waals surface area contributed by atoms with Crippen molar-refractivity contribution in [3.8, 4) is 5.75 Å². The molecular weight excluding hydrogens is 396 g/mol. The summed E-state index contributed by atoms with van der Waals surface area (Å²) in [5, 5.41) is 11.3. The van der Waals surface area contributed by atoms with E-state index in [2.05, 4.69) is 4.98 Å². The van der Waals surface area contributed by atoms with Gasteiger partial charge in [0.2, 0.25) is 0 Å². The van der Waals surface area contributed by atoms with Crippen molar-refractivity contribution in [3.63, 3.8) is 0 Å². The lowest BCUT2D eigenvalue weighted by Gasteiger charge is -2.24. The van der Waals surface area contributed by atoms with Crippen LogP contribution < -0.4 is 4.74 Å². The highest BCUT2D eigenvalue weighted by molar-refractivity contribution is 6.47. The van der Waals surface area contributed by atoms with E-state index in [0.717, 1.165) is 0 Å². The van der Waals surface area contributed by atoms with Gasteiger partial charge in [-0.05, 0) is 36.8 Å². The van der Waals surface area contributed by atoms with Crippen LogP contribution in [0.3, 0.4) is 0 Å². The molecule has 1 aliphatic heterocycles. The van der Waals surface area contributed by atoms with Crippen LogP contribution in [0.25, 0.3) is 5.76 Å². The number of Topliss-reactive ketones (excluding diaryl/α,β-unsaturated/α-hetero) is 1. The van der Waals surface area contributed by atoms with Gasteiger partial charge in [0.05, 0.1) is 29.9 Å². The lowest BCUT2D eigenvalue weighted by molar-refractivity contribution is -0.140. The largest absolute Gasteiger partial charge is 0.507 e. The van der Waals surface area contributed by atoms with Crippen molar-refractivity contribution in [1.82, 2.24) is 9.88 Å². The fourth-order valence-corrected chi connectivity index (χ4v) is 3.48. The van der Waals surface area contributed by atoms with Crippen LogP contribution in [0, 0.1) is 0 Å². The van der Waals surface area contributed by atoms with Gasteiger partial charge in [-0.3, -0.25) is 14.6 Å². The first-order valence-corrected chi connectivity index (χ1v) is 9.47. The molecule has 152 valence electrons. The van der Waals surface area contributed by atoms with E-state index in [9.17, 15) is 14.7 Å². The van der Waals surface area contributed by atoms with Crippen LogP contribution in [-0.4, -0.2) is 53.5 Å². The summed E-state index contributed by atoms with van der Waals surface area (Å²) in [6.07, 6.45) is 3.15. The van der Waals surface area contributed by atoms with Gasteiger partial charge in [-0.25, -0.2) is 0 Å². The number of aliphatic hydroxyl groups excluding tert-OH is 1. The molecular formula is C21H21ClN2O5. The van der Waals surface area contributed by atoms with Crippen LogP contribution in [0.5, 0.6) is 5.75 Å². The smallest absolute Gasteiger partial charge is 0.295 e. The molecule has 1 saturated heterocycles. The first-order valence-electron chi connectivity index (χ1n) is 9.09. The zero-order valence-electron chi connectivity index (χ0n) is 16.1. The van der Waals surface area contributed by atoms with Crippen LogP contribution in [0.4, 0.5) is 0 Å². The van der Waals surface area contributed by atoms with Crippen molar-refractivity contribution in [1.29, 1.82) is 0 Å². The van der Waals surface area contributed by atoms with Crippen molar-refractivity contribution in [2.75, 3.05) is 26.9 Å². The summed E-state index contributed by atoms with van der Waals surface area (Å²) in [4.78, 5) is 31.0. The average Bonchev–Trinajstić information content (AvgIpc) is 2.98. The van der Waals surface area contributed by atoms with E-state index in [1.165, 1.54) is 12.0 Å². The van der Waals surface area contributed by atoms with E-state index in [1.54, 1.807) is 42.7 Å². The van der Waals surface area contributed by atoms with Crippen molar-refractivity contribution in [2.45, 2.75) is 13.0 Å². The molecule has 1 aliphatic rings. The number of amides is 1. The number of likely N-dealkylation sites (tertiary alicyclic amines) is 1. The highest BCUT2D eigenvalue weighted by Gasteiger charge is 2.46. The van der Waals surface area contributed by atoms with E-state index < -0.39 is 17.7 Å². The molecule has 1 N–H and O–H groups in total. The molecule has 1 fully saturated rings. The van der Waals surface area contributed by atoms with Gasteiger partial charge in [0.25, 0.3) is 11.7 Å². The molecule has 1 aromatic heterocycles. The zero-order chi connectivity index (χ0) is 21.0. The predicted octanol–water partition coefficient (Wildman–Crippen LogP) is 3.20. The third-order valence-electron chi connectivity index (χ3n) is 4.58. The molecule has 1 atom stereocenters. The van der Waals surface area contributed by atoms with Crippen molar-refractivity contribution in [2.24, 2.45) is 0 Å². The molecule has 29 heavy (non-hydrogen) atoms. The third kappa shape index (κ3) is 4.11. The Hall–Kier alpha value is -2.90. The Kier molecular flexibility index (Phi) is 6.51. The number of nitrogens with zero attached hydrogens (tertiary/aromatic N) is 2. The maximum absolute atomic E-state index is 12.9. The molecule has 2 heterocycles. The average molecular weight is 417 g/mol. The Morgan fingerprint density at radius 3 is 2.76 bits per heavy atom. The number of benzene rings is 1. The number of ketones is 1. The molecule has 7 nitrogen and oxygen atoms in total. The molecule has 0 radical (unpaired) electrons. The van der Waals surface area contributed by atoms with Gasteiger partial charge in [0.1, 0.15) is 11.5 Å². The lowest BCUT2D eigenvalue weighted by atomic mass is 9.96. The summed E-state index contributed by atoms with van der Waals surface area (Å²) < 4.78 is 10.5. The minimum absolute atomic E-state index is 0.0466. The first kappa shape index (κ1) is 20.8.